The Morgan fingerprint density at radius 2 is 2.00 bits per heavy atom. The van der Waals surface area contributed by atoms with Crippen molar-refractivity contribution in [2.75, 3.05) is 20.3 Å². The quantitative estimate of drug-likeness (QED) is 0.856. The summed E-state index contributed by atoms with van der Waals surface area (Å²) in [5.41, 5.74) is 0.632. The number of rotatable bonds is 6. The van der Waals surface area contributed by atoms with E-state index in [1.54, 1.807) is 18.2 Å². The first-order valence-electron chi connectivity index (χ1n) is 5.54. The van der Waals surface area contributed by atoms with Gasteiger partial charge in [0.2, 0.25) is 0 Å². The number of halogens is 3. The molecular formula is C12H16F3NO2. The second-order valence-electron chi connectivity index (χ2n) is 3.60. The summed E-state index contributed by atoms with van der Waals surface area (Å²) >= 11 is 0. The summed E-state index contributed by atoms with van der Waals surface area (Å²) in [6.45, 7) is 1.34. The Balaban J connectivity index is 2.72. The van der Waals surface area contributed by atoms with Crippen LogP contribution in [0.4, 0.5) is 13.2 Å². The van der Waals surface area contributed by atoms with E-state index in [0.717, 1.165) is 0 Å². The zero-order valence-corrected chi connectivity index (χ0v) is 10.3. The van der Waals surface area contributed by atoms with E-state index in [9.17, 15) is 13.2 Å². The SMILES string of the molecule is CCOc1cccc(CNCC(F)(F)F)c1OC. The van der Waals surface area contributed by atoms with Gasteiger partial charge >= 0.3 is 6.18 Å². The summed E-state index contributed by atoms with van der Waals surface area (Å²) in [7, 11) is 1.46. The molecule has 1 aromatic rings. The van der Waals surface area contributed by atoms with Gasteiger partial charge in [-0.2, -0.15) is 13.2 Å². The van der Waals surface area contributed by atoms with Crippen molar-refractivity contribution in [1.82, 2.24) is 5.32 Å². The van der Waals surface area contributed by atoms with Gasteiger partial charge in [-0.05, 0) is 13.0 Å². The molecule has 102 valence electrons. The molecule has 0 radical (unpaired) electrons. The monoisotopic (exact) mass is 263 g/mol. The van der Waals surface area contributed by atoms with Gasteiger partial charge in [-0.1, -0.05) is 12.1 Å². The first-order chi connectivity index (χ1) is 8.48. The molecule has 6 heteroatoms. The van der Waals surface area contributed by atoms with Gasteiger partial charge in [-0.3, -0.25) is 0 Å². The summed E-state index contributed by atoms with van der Waals surface area (Å²) in [5, 5.41) is 2.33. The summed E-state index contributed by atoms with van der Waals surface area (Å²) in [6.07, 6.45) is -4.22. The molecule has 0 aliphatic heterocycles. The Labute approximate surface area is 104 Å². The van der Waals surface area contributed by atoms with Gasteiger partial charge in [-0.25, -0.2) is 0 Å². The minimum atomic E-state index is -4.22. The molecule has 0 atom stereocenters. The van der Waals surface area contributed by atoms with E-state index in [-0.39, 0.29) is 6.54 Å². The Morgan fingerprint density at radius 3 is 2.56 bits per heavy atom. The molecule has 1 rings (SSSR count). The molecule has 0 unspecified atom stereocenters. The van der Waals surface area contributed by atoms with Crippen LogP contribution in [0.15, 0.2) is 18.2 Å². The first-order valence-corrected chi connectivity index (χ1v) is 5.54. The molecule has 0 aliphatic carbocycles. The van der Waals surface area contributed by atoms with Gasteiger partial charge in [0.15, 0.2) is 11.5 Å². The van der Waals surface area contributed by atoms with Crippen molar-refractivity contribution in [2.24, 2.45) is 0 Å². The molecule has 0 aliphatic rings. The number of para-hydroxylation sites is 1. The maximum absolute atomic E-state index is 12.0. The molecule has 3 nitrogen and oxygen atoms in total. The summed E-state index contributed by atoms with van der Waals surface area (Å²) in [4.78, 5) is 0. The first kappa shape index (κ1) is 14.6. The molecule has 0 bridgehead atoms. The fraction of sp³-hybridized carbons (Fsp3) is 0.500. The predicted molar refractivity (Wildman–Crippen MR) is 61.9 cm³/mol. The van der Waals surface area contributed by atoms with Crippen LogP contribution in [0.5, 0.6) is 11.5 Å². The largest absolute Gasteiger partial charge is 0.493 e. The van der Waals surface area contributed by atoms with Gasteiger partial charge in [0.05, 0.1) is 20.3 Å². The van der Waals surface area contributed by atoms with E-state index in [1.807, 2.05) is 6.92 Å². The highest BCUT2D eigenvalue weighted by atomic mass is 19.4. The molecule has 0 heterocycles. The second kappa shape index (κ2) is 6.49. The van der Waals surface area contributed by atoms with Gasteiger partial charge in [0.1, 0.15) is 0 Å². The third-order valence-corrected chi connectivity index (χ3v) is 2.21. The fourth-order valence-corrected chi connectivity index (χ4v) is 1.54. The van der Waals surface area contributed by atoms with Gasteiger partial charge in [0, 0.05) is 12.1 Å². The lowest BCUT2D eigenvalue weighted by molar-refractivity contribution is -0.125. The van der Waals surface area contributed by atoms with E-state index in [4.69, 9.17) is 9.47 Å². The van der Waals surface area contributed by atoms with Crippen molar-refractivity contribution in [1.29, 1.82) is 0 Å². The average molecular weight is 263 g/mol. The molecule has 0 fully saturated rings. The van der Waals surface area contributed by atoms with Crippen LogP contribution in [0.2, 0.25) is 0 Å². The van der Waals surface area contributed by atoms with Crippen molar-refractivity contribution < 1.29 is 22.6 Å². The highest BCUT2D eigenvalue weighted by molar-refractivity contribution is 5.46. The molecular weight excluding hydrogens is 247 g/mol. The maximum atomic E-state index is 12.0. The zero-order valence-electron chi connectivity index (χ0n) is 10.3. The number of ether oxygens (including phenoxy) is 2. The standard InChI is InChI=1S/C12H16F3NO2/c1-3-18-10-6-4-5-9(11(10)17-2)7-16-8-12(13,14)15/h4-6,16H,3,7-8H2,1-2H3. The molecule has 1 N–H and O–H groups in total. The van der Waals surface area contributed by atoms with Crippen molar-refractivity contribution in [3.63, 3.8) is 0 Å². The topological polar surface area (TPSA) is 30.5 Å². The van der Waals surface area contributed by atoms with Crippen LogP contribution in [0.3, 0.4) is 0 Å². The zero-order chi connectivity index (χ0) is 13.6. The molecule has 18 heavy (non-hydrogen) atoms. The Bertz CT molecular complexity index is 380. The lowest BCUT2D eigenvalue weighted by atomic mass is 10.2. The lowest BCUT2D eigenvalue weighted by Crippen LogP contribution is -2.28. The molecule has 0 aromatic heterocycles. The number of hydrogen-bond donors (Lipinski definition) is 1. The van der Waals surface area contributed by atoms with Crippen LogP contribution < -0.4 is 14.8 Å². The smallest absolute Gasteiger partial charge is 0.401 e. The average Bonchev–Trinajstić information content (AvgIpc) is 2.28. The van der Waals surface area contributed by atoms with Gasteiger partial charge < -0.3 is 14.8 Å². The van der Waals surface area contributed by atoms with E-state index < -0.39 is 12.7 Å². The number of hydrogen-bond acceptors (Lipinski definition) is 3. The van der Waals surface area contributed by atoms with Gasteiger partial charge in [-0.15, -0.1) is 0 Å². The predicted octanol–water partition coefficient (Wildman–Crippen LogP) is 2.75. The van der Waals surface area contributed by atoms with Crippen molar-refractivity contribution >= 4 is 0 Å². The summed E-state index contributed by atoms with van der Waals surface area (Å²) in [6, 6.07) is 5.14. The Hall–Kier alpha value is -1.43. The lowest BCUT2D eigenvalue weighted by Gasteiger charge is -2.14. The van der Waals surface area contributed by atoms with E-state index in [2.05, 4.69) is 5.32 Å². The third kappa shape index (κ3) is 4.44. The van der Waals surface area contributed by atoms with E-state index in [0.29, 0.717) is 23.7 Å². The molecule has 0 saturated heterocycles. The van der Waals surface area contributed by atoms with Crippen LogP contribution in [0, 0.1) is 0 Å². The molecule has 1 aromatic carbocycles. The second-order valence-corrected chi connectivity index (χ2v) is 3.60. The molecule has 0 saturated carbocycles. The van der Waals surface area contributed by atoms with Crippen LogP contribution in [0.1, 0.15) is 12.5 Å². The van der Waals surface area contributed by atoms with Crippen molar-refractivity contribution in [3.05, 3.63) is 23.8 Å². The summed E-state index contributed by atoms with van der Waals surface area (Å²) in [5.74, 6) is 1.00. The van der Waals surface area contributed by atoms with Crippen LogP contribution in [0.25, 0.3) is 0 Å². The van der Waals surface area contributed by atoms with E-state index in [1.165, 1.54) is 7.11 Å². The highest BCUT2D eigenvalue weighted by Gasteiger charge is 2.26. The Kier molecular flexibility index (Phi) is 5.27. The van der Waals surface area contributed by atoms with Crippen LogP contribution >= 0.6 is 0 Å². The number of nitrogens with one attached hydrogen (secondary N) is 1. The molecule has 0 amide bonds. The normalized spacial score (nSPS) is 11.4. The summed E-state index contributed by atoms with van der Waals surface area (Å²) < 4.78 is 46.6. The van der Waals surface area contributed by atoms with Crippen LogP contribution in [-0.4, -0.2) is 26.4 Å². The Morgan fingerprint density at radius 1 is 1.28 bits per heavy atom. The van der Waals surface area contributed by atoms with Crippen molar-refractivity contribution in [3.8, 4) is 11.5 Å². The van der Waals surface area contributed by atoms with Crippen molar-refractivity contribution in [2.45, 2.75) is 19.6 Å². The van der Waals surface area contributed by atoms with Crippen LogP contribution in [-0.2, 0) is 6.54 Å². The fourth-order valence-electron chi connectivity index (χ4n) is 1.54. The minimum absolute atomic E-state index is 0.0730. The third-order valence-electron chi connectivity index (χ3n) is 2.21. The number of benzene rings is 1. The maximum Gasteiger partial charge on any atom is 0.401 e. The minimum Gasteiger partial charge on any atom is -0.493 e. The highest BCUT2D eigenvalue weighted by Crippen LogP contribution is 2.31. The van der Waals surface area contributed by atoms with Gasteiger partial charge in [0.25, 0.3) is 0 Å². The van der Waals surface area contributed by atoms with E-state index >= 15 is 0 Å². The number of methoxy groups -OCH3 is 1. The number of alkyl halides is 3. The molecule has 0 spiro atoms.